The van der Waals surface area contributed by atoms with E-state index in [0.717, 1.165) is 11.3 Å². The normalized spacial score (nSPS) is 10.6. The second-order valence-corrected chi connectivity index (χ2v) is 5.12. The largest absolute Gasteiger partial charge is 0.298 e. The van der Waals surface area contributed by atoms with Crippen LogP contribution in [0, 0.1) is 10.1 Å². The molecule has 1 amide bonds. The average molecular weight is 317 g/mol. The molecule has 0 bridgehead atoms. The van der Waals surface area contributed by atoms with E-state index in [4.69, 9.17) is 0 Å². The Labute approximate surface area is 129 Å². The number of nitro groups is 1. The Kier molecular flexibility index (Phi) is 4.74. The minimum Gasteiger partial charge on any atom is -0.298 e. The number of hydrogen-bond donors (Lipinski definition) is 1. The van der Waals surface area contributed by atoms with Crippen LogP contribution >= 0.6 is 11.3 Å². The van der Waals surface area contributed by atoms with Crippen molar-refractivity contribution in [1.82, 2.24) is 4.98 Å². The molecule has 2 aromatic rings. The summed E-state index contributed by atoms with van der Waals surface area (Å²) in [6.45, 7) is 1.40. The van der Waals surface area contributed by atoms with Gasteiger partial charge in [-0.2, -0.15) is 0 Å². The van der Waals surface area contributed by atoms with E-state index in [1.807, 2.05) is 0 Å². The van der Waals surface area contributed by atoms with Crippen molar-refractivity contribution in [2.24, 2.45) is 0 Å². The Morgan fingerprint density at radius 2 is 2.00 bits per heavy atom. The fraction of sp³-hybridized carbons (Fsp3) is 0.0714. The van der Waals surface area contributed by atoms with Crippen molar-refractivity contribution in [2.75, 3.05) is 5.32 Å². The number of Topliss-reactive ketones (excluding diaryl/α,β-unsaturated/α-hetero) is 1. The van der Waals surface area contributed by atoms with Gasteiger partial charge in [-0.1, -0.05) is 0 Å². The van der Waals surface area contributed by atoms with Crippen LogP contribution in [0.1, 0.15) is 23.0 Å². The quantitative estimate of drug-likeness (QED) is 0.395. The van der Waals surface area contributed by atoms with E-state index >= 15 is 0 Å². The van der Waals surface area contributed by atoms with Crippen LogP contribution in [-0.2, 0) is 4.79 Å². The van der Waals surface area contributed by atoms with Crippen LogP contribution in [0.15, 0.2) is 35.7 Å². The van der Waals surface area contributed by atoms with Crippen LogP contribution in [0.2, 0.25) is 0 Å². The molecule has 7 nitrogen and oxygen atoms in total. The predicted molar refractivity (Wildman–Crippen MR) is 82.9 cm³/mol. The number of carbonyl (C=O) groups excluding carboxylic acids is 2. The van der Waals surface area contributed by atoms with Crippen molar-refractivity contribution in [3.63, 3.8) is 0 Å². The average Bonchev–Trinajstić information content (AvgIpc) is 2.94. The molecule has 0 aliphatic rings. The Balaban J connectivity index is 1.98. The molecular weight excluding hydrogens is 306 g/mol. The zero-order valence-electron chi connectivity index (χ0n) is 11.5. The predicted octanol–water partition coefficient (Wildman–Crippen LogP) is 2.91. The fourth-order valence-electron chi connectivity index (χ4n) is 1.52. The highest BCUT2D eigenvalue weighted by Crippen LogP contribution is 2.16. The van der Waals surface area contributed by atoms with Crippen LogP contribution in [-0.4, -0.2) is 21.6 Å². The first-order valence-electron chi connectivity index (χ1n) is 6.15. The van der Waals surface area contributed by atoms with E-state index in [-0.39, 0.29) is 11.5 Å². The Bertz CT molecular complexity index is 750. The van der Waals surface area contributed by atoms with Crippen molar-refractivity contribution in [2.45, 2.75) is 6.92 Å². The number of rotatable bonds is 5. The smallest absolute Gasteiger partial charge is 0.269 e. The molecule has 1 heterocycles. The van der Waals surface area contributed by atoms with Crippen molar-refractivity contribution in [1.29, 1.82) is 0 Å². The first-order valence-corrected chi connectivity index (χ1v) is 7.03. The zero-order chi connectivity index (χ0) is 16.1. The summed E-state index contributed by atoms with van der Waals surface area (Å²) in [5.41, 5.74) is 0.949. The fourth-order valence-corrected chi connectivity index (χ4v) is 2.27. The SMILES string of the molecule is CC(=O)c1csc(NC(=O)/C=C/c2ccc([N+](=O)[O-])cc2)n1. The summed E-state index contributed by atoms with van der Waals surface area (Å²) in [4.78, 5) is 36.8. The van der Waals surface area contributed by atoms with Gasteiger partial charge >= 0.3 is 0 Å². The van der Waals surface area contributed by atoms with Crippen LogP contribution in [0.3, 0.4) is 0 Å². The molecule has 22 heavy (non-hydrogen) atoms. The number of nitrogens with one attached hydrogen (secondary N) is 1. The van der Waals surface area contributed by atoms with E-state index < -0.39 is 10.8 Å². The molecule has 112 valence electrons. The number of ketones is 1. The van der Waals surface area contributed by atoms with Gasteiger partial charge < -0.3 is 0 Å². The van der Waals surface area contributed by atoms with Crippen LogP contribution < -0.4 is 5.32 Å². The van der Waals surface area contributed by atoms with Crippen molar-refractivity contribution < 1.29 is 14.5 Å². The standard InChI is InChI=1S/C14H11N3O4S/c1-9(18)12-8-22-14(15-12)16-13(19)7-4-10-2-5-11(6-3-10)17(20)21/h2-8H,1H3,(H,15,16,19)/b7-4+. The van der Waals surface area contributed by atoms with Gasteiger partial charge in [0.05, 0.1) is 4.92 Å². The molecule has 0 fully saturated rings. The van der Waals surface area contributed by atoms with Gasteiger partial charge in [0, 0.05) is 30.5 Å². The topological polar surface area (TPSA) is 102 Å². The molecule has 0 aliphatic heterocycles. The maximum absolute atomic E-state index is 11.7. The third-order valence-electron chi connectivity index (χ3n) is 2.63. The number of carbonyl (C=O) groups is 2. The number of anilines is 1. The maximum atomic E-state index is 11.7. The second kappa shape index (κ2) is 6.72. The summed E-state index contributed by atoms with van der Waals surface area (Å²) in [7, 11) is 0. The van der Waals surface area contributed by atoms with E-state index in [2.05, 4.69) is 10.3 Å². The van der Waals surface area contributed by atoms with Gasteiger partial charge in [0.25, 0.3) is 5.69 Å². The Hall–Kier alpha value is -2.87. The van der Waals surface area contributed by atoms with Crippen molar-refractivity contribution >= 4 is 39.9 Å². The molecule has 2 rings (SSSR count). The number of non-ortho nitro benzene ring substituents is 1. The van der Waals surface area contributed by atoms with Gasteiger partial charge in [-0.25, -0.2) is 4.98 Å². The summed E-state index contributed by atoms with van der Waals surface area (Å²) in [6, 6.07) is 5.80. The van der Waals surface area contributed by atoms with E-state index in [1.165, 1.54) is 31.2 Å². The highest BCUT2D eigenvalue weighted by Gasteiger charge is 2.07. The summed E-state index contributed by atoms with van der Waals surface area (Å²) >= 11 is 1.16. The lowest BCUT2D eigenvalue weighted by Crippen LogP contribution is -2.07. The molecule has 1 aromatic carbocycles. The van der Waals surface area contributed by atoms with Gasteiger partial charge in [0.2, 0.25) is 5.91 Å². The second-order valence-electron chi connectivity index (χ2n) is 4.27. The molecule has 1 N–H and O–H groups in total. The summed E-state index contributed by atoms with van der Waals surface area (Å²) in [6.07, 6.45) is 2.81. The van der Waals surface area contributed by atoms with Crippen LogP contribution in [0.4, 0.5) is 10.8 Å². The molecule has 0 spiro atoms. The third kappa shape index (κ3) is 4.06. The molecule has 0 saturated heterocycles. The maximum Gasteiger partial charge on any atom is 0.269 e. The molecular formula is C14H11N3O4S. The van der Waals surface area contributed by atoms with Gasteiger partial charge in [0.15, 0.2) is 10.9 Å². The minimum atomic E-state index is -0.491. The number of nitro benzene ring substituents is 1. The number of hydrogen-bond acceptors (Lipinski definition) is 6. The van der Waals surface area contributed by atoms with Crippen molar-refractivity contribution in [3.05, 3.63) is 57.1 Å². The van der Waals surface area contributed by atoms with Gasteiger partial charge in [-0.15, -0.1) is 11.3 Å². The van der Waals surface area contributed by atoms with Gasteiger partial charge in [0.1, 0.15) is 5.69 Å². The molecule has 0 aliphatic carbocycles. The molecule has 0 saturated carbocycles. The van der Waals surface area contributed by atoms with Crippen LogP contribution in [0.5, 0.6) is 0 Å². The van der Waals surface area contributed by atoms with E-state index in [0.29, 0.717) is 16.4 Å². The highest BCUT2D eigenvalue weighted by molar-refractivity contribution is 7.14. The number of nitrogens with zero attached hydrogens (tertiary/aromatic N) is 2. The number of thiazole rings is 1. The Morgan fingerprint density at radius 3 is 2.55 bits per heavy atom. The zero-order valence-corrected chi connectivity index (χ0v) is 12.3. The van der Waals surface area contributed by atoms with E-state index in [9.17, 15) is 19.7 Å². The Morgan fingerprint density at radius 1 is 1.32 bits per heavy atom. The van der Waals surface area contributed by atoms with Crippen molar-refractivity contribution in [3.8, 4) is 0 Å². The highest BCUT2D eigenvalue weighted by atomic mass is 32.1. The summed E-state index contributed by atoms with van der Waals surface area (Å²) in [5, 5.41) is 15.0. The molecule has 1 aromatic heterocycles. The van der Waals surface area contributed by atoms with Gasteiger partial charge in [-0.3, -0.25) is 25.0 Å². The monoisotopic (exact) mass is 317 g/mol. The molecule has 0 unspecified atom stereocenters. The van der Waals surface area contributed by atoms with E-state index in [1.54, 1.807) is 17.5 Å². The first kappa shape index (κ1) is 15.5. The summed E-state index contributed by atoms with van der Waals surface area (Å²) < 4.78 is 0. The number of benzene rings is 1. The number of aromatic nitrogens is 1. The first-order chi connectivity index (χ1) is 10.5. The van der Waals surface area contributed by atoms with Crippen LogP contribution in [0.25, 0.3) is 6.08 Å². The molecule has 0 radical (unpaired) electrons. The lowest BCUT2D eigenvalue weighted by molar-refractivity contribution is -0.384. The number of amides is 1. The lowest BCUT2D eigenvalue weighted by atomic mass is 10.2. The van der Waals surface area contributed by atoms with Gasteiger partial charge in [-0.05, 0) is 23.8 Å². The third-order valence-corrected chi connectivity index (χ3v) is 3.38. The lowest BCUT2D eigenvalue weighted by Gasteiger charge is -1.96. The summed E-state index contributed by atoms with van der Waals surface area (Å²) in [5.74, 6) is -0.569. The molecule has 0 atom stereocenters. The molecule has 8 heteroatoms. The minimum absolute atomic E-state index is 0.0128.